The number of hydrogen-bond acceptors (Lipinski definition) is 2. The first kappa shape index (κ1) is 10.6. The summed E-state index contributed by atoms with van der Waals surface area (Å²) in [7, 11) is 0. The fraction of sp³-hybridized carbons (Fsp3) is 0.400. The average molecular weight is 163 g/mol. The third-order valence-corrected chi connectivity index (χ3v) is 1.36. The predicted molar refractivity (Wildman–Crippen MR) is 48.4 cm³/mol. The van der Waals surface area contributed by atoms with E-state index in [1.165, 1.54) is 0 Å². The number of rotatable bonds is 3. The van der Waals surface area contributed by atoms with E-state index in [2.05, 4.69) is 0 Å². The van der Waals surface area contributed by atoms with Crippen LogP contribution in [-0.4, -0.2) is 5.78 Å². The highest BCUT2D eigenvalue weighted by Crippen LogP contribution is 2.01. The van der Waals surface area contributed by atoms with Crippen molar-refractivity contribution in [3.8, 4) is 6.07 Å². The van der Waals surface area contributed by atoms with Gasteiger partial charge in [-0.25, -0.2) is 0 Å². The van der Waals surface area contributed by atoms with Crippen LogP contribution in [0.5, 0.6) is 0 Å². The van der Waals surface area contributed by atoms with Gasteiger partial charge in [-0.3, -0.25) is 4.79 Å². The van der Waals surface area contributed by atoms with Crippen molar-refractivity contribution in [2.45, 2.75) is 27.2 Å². The van der Waals surface area contributed by atoms with Gasteiger partial charge < -0.3 is 0 Å². The number of allylic oxidation sites excluding steroid dienone is 4. The van der Waals surface area contributed by atoms with E-state index in [1.807, 2.05) is 19.9 Å². The summed E-state index contributed by atoms with van der Waals surface area (Å²) in [6.45, 7) is 5.34. The minimum atomic E-state index is 0.0921. The summed E-state index contributed by atoms with van der Waals surface area (Å²) >= 11 is 0. The number of ketones is 1. The smallest absolute Gasteiger partial charge is 0.155 e. The Hall–Kier alpha value is -1.36. The highest BCUT2D eigenvalue weighted by molar-refractivity contribution is 5.90. The highest BCUT2D eigenvalue weighted by atomic mass is 16.1. The number of carbonyl (C=O) groups is 1. The zero-order valence-corrected chi connectivity index (χ0v) is 7.72. The molecule has 2 nitrogen and oxygen atoms in total. The van der Waals surface area contributed by atoms with Crippen molar-refractivity contribution in [3.05, 3.63) is 23.3 Å². The Morgan fingerprint density at radius 2 is 2.00 bits per heavy atom. The van der Waals surface area contributed by atoms with Crippen LogP contribution in [0.1, 0.15) is 27.2 Å². The zero-order chi connectivity index (χ0) is 9.56. The van der Waals surface area contributed by atoms with Crippen LogP contribution in [0.3, 0.4) is 0 Å². The maximum Gasteiger partial charge on any atom is 0.155 e. The molecule has 0 fully saturated rings. The molecule has 0 N–H and O–H groups in total. The van der Waals surface area contributed by atoms with Gasteiger partial charge in [-0.1, -0.05) is 6.92 Å². The number of hydrogen-bond donors (Lipinski definition) is 0. The molecule has 64 valence electrons. The minimum Gasteiger partial charge on any atom is -0.295 e. The Balaban J connectivity index is 4.42. The third kappa shape index (κ3) is 4.45. The Morgan fingerprint density at radius 1 is 1.42 bits per heavy atom. The first-order valence-corrected chi connectivity index (χ1v) is 3.89. The molecular weight excluding hydrogens is 150 g/mol. The van der Waals surface area contributed by atoms with Crippen LogP contribution < -0.4 is 0 Å². The SMILES string of the molecule is CCC(=O)/C=C(C)\C=C(\C)C#N. The molecule has 12 heavy (non-hydrogen) atoms. The van der Waals surface area contributed by atoms with E-state index in [-0.39, 0.29) is 5.78 Å². The van der Waals surface area contributed by atoms with Gasteiger partial charge in [0.2, 0.25) is 0 Å². The minimum absolute atomic E-state index is 0.0921. The van der Waals surface area contributed by atoms with Crippen molar-refractivity contribution in [1.29, 1.82) is 5.26 Å². The highest BCUT2D eigenvalue weighted by Gasteiger charge is 1.92. The Kier molecular flexibility index (Phi) is 4.71. The van der Waals surface area contributed by atoms with E-state index >= 15 is 0 Å². The summed E-state index contributed by atoms with van der Waals surface area (Å²) in [6.07, 6.45) is 3.77. The molecule has 2 heteroatoms. The molecule has 0 aliphatic carbocycles. The molecule has 0 aromatic carbocycles. The van der Waals surface area contributed by atoms with Crippen LogP contribution in [0, 0.1) is 11.3 Å². The van der Waals surface area contributed by atoms with Crippen LogP contribution in [0.2, 0.25) is 0 Å². The lowest BCUT2D eigenvalue weighted by atomic mass is 10.1. The second-order valence-corrected chi connectivity index (χ2v) is 2.65. The molecule has 0 heterocycles. The Morgan fingerprint density at radius 3 is 2.42 bits per heavy atom. The van der Waals surface area contributed by atoms with Crippen LogP contribution in [-0.2, 0) is 4.79 Å². The molecule has 0 radical (unpaired) electrons. The van der Waals surface area contributed by atoms with E-state index in [9.17, 15) is 4.79 Å². The maximum absolute atomic E-state index is 10.9. The maximum atomic E-state index is 10.9. The first-order chi connectivity index (χ1) is 5.60. The summed E-state index contributed by atoms with van der Waals surface area (Å²) in [5, 5.41) is 8.44. The van der Waals surface area contributed by atoms with Crippen molar-refractivity contribution >= 4 is 5.78 Å². The van der Waals surface area contributed by atoms with Gasteiger partial charge in [0.05, 0.1) is 6.07 Å². The lowest BCUT2D eigenvalue weighted by molar-refractivity contribution is -0.114. The van der Waals surface area contributed by atoms with Crippen LogP contribution in [0.15, 0.2) is 23.3 Å². The lowest BCUT2D eigenvalue weighted by Crippen LogP contribution is -1.89. The molecule has 0 amide bonds. The quantitative estimate of drug-likeness (QED) is 0.364. The van der Waals surface area contributed by atoms with Gasteiger partial charge in [0.1, 0.15) is 0 Å². The molecule has 0 aromatic rings. The van der Waals surface area contributed by atoms with E-state index in [4.69, 9.17) is 5.26 Å². The van der Waals surface area contributed by atoms with E-state index in [0.717, 1.165) is 5.57 Å². The van der Waals surface area contributed by atoms with Crippen molar-refractivity contribution in [3.63, 3.8) is 0 Å². The van der Waals surface area contributed by atoms with Crippen LogP contribution in [0.4, 0.5) is 0 Å². The molecule has 0 aliphatic heterocycles. The second kappa shape index (κ2) is 5.31. The summed E-state index contributed by atoms with van der Waals surface area (Å²) < 4.78 is 0. The van der Waals surface area contributed by atoms with Gasteiger partial charge >= 0.3 is 0 Å². The topological polar surface area (TPSA) is 40.9 Å². The molecule has 0 aromatic heterocycles. The van der Waals surface area contributed by atoms with Gasteiger partial charge in [0.25, 0.3) is 0 Å². The fourth-order valence-electron chi connectivity index (χ4n) is 0.771. The largest absolute Gasteiger partial charge is 0.295 e. The third-order valence-electron chi connectivity index (χ3n) is 1.36. The molecule has 0 aliphatic rings. The van der Waals surface area contributed by atoms with E-state index in [0.29, 0.717) is 12.0 Å². The summed E-state index contributed by atoms with van der Waals surface area (Å²) in [5.41, 5.74) is 1.45. The van der Waals surface area contributed by atoms with Crippen molar-refractivity contribution in [1.82, 2.24) is 0 Å². The molecule has 0 spiro atoms. The number of nitriles is 1. The van der Waals surface area contributed by atoms with Crippen molar-refractivity contribution < 1.29 is 4.79 Å². The van der Waals surface area contributed by atoms with Gasteiger partial charge in [0.15, 0.2) is 5.78 Å². The molecule has 0 rings (SSSR count). The molecule has 0 unspecified atom stereocenters. The molecule has 0 saturated heterocycles. The van der Waals surface area contributed by atoms with Crippen LogP contribution in [0.25, 0.3) is 0 Å². The molecule has 0 atom stereocenters. The van der Waals surface area contributed by atoms with Crippen LogP contribution >= 0.6 is 0 Å². The monoisotopic (exact) mass is 163 g/mol. The number of nitrogens with zero attached hydrogens (tertiary/aromatic N) is 1. The van der Waals surface area contributed by atoms with E-state index < -0.39 is 0 Å². The molecule has 0 saturated carbocycles. The first-order valence-electron chi connectivity index (χ1n) is 3.89. The fourth-order valence-corrected chi connectivity index (χ4v) is 0.771. The summed E-state index contributed by atoms with van der Waals surface area (Å²) in [4.78, 5) is 10.9. The van der Waals surface area contributed by atoms with Crippen molar-refractivity contribution in [2.24, 2.45) is 0 Å². The standard InChI is InChI=1S/C10H13NO/c1-4-10(12)6-8(2)5-9(3)7-11/h5-6H,4H2,1-3H3/b8-6-,9-5-. The zero-order valence-electron chi connectivity index (χ0n) is 7.72. The second-order valence-electron chi connectivity index (χ2n) is 2.65. The van der Waals surface area contributed by atoms with Gasteiger partial charge in [-0.15, -0.1) is 0 Å². The van der Waals surface area contributed by atoms with E-state index in [1.54, 1.807) is 19.1 Å². The Labute approximate surface area is 73.2 Å². The number of carbonyl (C=O) groups excluding carboxylic acids is 1. The normalized spacial score (nSPS) is 12.5. The Bertz CT molecular complexity index is 266. The van der Waals surface area contributed by atoms with Gasteiger partial charge in [-0.05, 0) is 31.6 Å². The van der Waals surface area contributed by atoms with Gasteiger partial charge in [-0.2, -0.15) is 5.26 Å². The average Bonchev–Trinajstić information content (AvgIpc) is 2.03. The lowest BCUT2D eigenvalue weighted by Gasteiger charge is -1.91. The summed E-state index contributed by atoms with van der Waals surface area (Å²) in [6, 6.07) is 2.00. The predicted octanol–water partition coefficient (Wildman–Crippen LogP) is 2.38. The molecule has 0 bridgehead atoms. The van der Waals surface area contributed by atoms with Gasteiger partial charge in [0, 0.05) is 12.0 Å². The molecular formula is C10H13NO. The summed E-state index contributed by atoms with van der Waals surface area (Å²) in [5.74, 6) is 0.0921. The van der Waals surface area contributed by atoms with Crippen molar-refractivity contribution in [2.75, 3.05) is 0 Å².